The van der Waals surface area contributed by atoms with Gasteiger partial charge in [-0.3, -0.25) is 14.5 Å². The number of ether oxygens (including phenoxy) is 1. The Morgan fingerprint density at radius 3 is 2.34 bits per heavy atom. The molecule has 0 spiro atoms. The fourth-order valence-electron chi connectivity index (χ4n) is 6.63. The maximum Gasteiger partial charge on any atom is 0.238 e. The molecule has 6 rings (SSSR count). The van der Waals surface area contributed by atoms with Crippen LogP contribution in [0.3, 0.4) is 0 Å². The Balaban J connectivity index is 1.29. The third-order valence-corrected chi connectivity index (χ3v) is 8.43. The van der Waals surface area contributed by atoms with Crippen LogP contribution in [0.4, 0.5) is 17.1 Å². The zero-order valence-electron chi connectivity index (χ0n) is 21.4. The standard InChI is InChI=1S/C30H32N2O6/c1-17(2)23-14-22-27(24-15-26(38-30(23,24)36)25-13-12-21(16-33)37-25)29(35)32(28(22)34)20-10-8-19(9-11-20)31-18-6-4-3-5-7-18/h3-13,17,22-24,26-27,31,33,36H,14-16H2,1-2H3/t22-,23+,24-,26-,27-,30+/m0/s1. The van der Waals surface area contributed by atoms with Crippen molar-refractivity contribution in [2.75, 3.05) is 10.2 Å². The van der Waals surface area contributed by atoms with Crippen molar-refractivity contribution in [1.82, 2.24) is 0 Å². The predicted octanol–water partition coefficient (Wildman–Crippen LogP) is 4.76. The van der Waals surface area contributed by atoms with Gasteiger partial charge in [0.1, 0.15) is 24.2 Å². The molecule has 3 N–H and O–H groups in total. The van der Waals surface area contributed by atoms with E-state index in [4.69, 9.17) is 9.15 Å². The van der Waals surface area contributed by atoms with E-state index in [0.717, 1.165) is 11.4 Å². The molecular formula is C30H32N2O6. The number of imide groups is 1. The number of carbonyl (C=O) groups is 2. The first-order valence-electron chi connectivity index (χ1n) is 13.2. The van der Waals surface area contributed by atoms with Crippen molar-refractivity contribution >= 4 is 28.9 Å². The number of anilines is 3. The maximum absolute atomic E-state index is 13.8. The van der Waals surface area contributed by atoms with Gasteiger partial charge in [-0.05, 0) is 67.3 Å². The van der Waals surface area contributed by atoms with Gasteiger partial charge in [-0.2, -0.15) is 0 Å². The average molecular weight is 517 g/mol. The fraction of sp³-hybridized carbons (Fsp3) is 0.400. The van der Waals surface area contributed by atoms with Crippen LogP contribution in [0.2, 0.25) is 0 Å². The van der Waals surface area contributed by atoms with E-state index in [9.17, 15) is 19.8 Å². The summed E-state index contributed by atoms with van der Waals surface area (Å²) < 4.78 is 12.0. The van der Waals surface area contributed by atoms with E-state index >= 15 is 0 Å². The largest absolute Gasteiger partial charge is 0.461 e. The van der Waals surface area contributed by atoms with E-state index in [1.165, 1.54) is 4.90 Å². The van der Waals surface area contributed by atoms with Crippen LogP contribution in [0.1, 0.15) is 44.3 Å². The van der Waals surface area contributed by atoms with E-state index in [0.29, 0.717) is 30.0 Å². The zero-order chi connectivity index (χ0) is 26.6. The molecule has 8 heteroatoms. The van der Waals surface area contributed by atoms with Gasteiger partial charge in [0.2, 0.25) is 11.8 Å². The average Bonchev–Trinajstić information content (AvgIpc) is 3.59. The van der Waals surface area contributed by atoms with Gasteiger partial charge in [0, 0.05) is 23.2 Å². The molecule has 0 bridgehead atoms. The molecule has 2 aromatic carbocycles. The van der Waals surface area contributed by atoms with Crippen molar-refractivity contribution in [3.8, 4) is 0 Å². The van der Waals surface area contributed by atoms with E-state index in [1.807, 2.05) is 56.3 Å². The molecule has 3 fully saturated rings. The molecule has 1 aromatic heterocycles. The number of furan rings is 1. The summed E-state index contributed by atoms with van der Waals surface area (Å²) >= 11 is 0. The Morgan fingerprint density at radius 2 is 1.68 bits per heavy atom. The molecule has 3 heterocycles. The molecule has 1 aliphatic carbocycles. The number of amides is 2. The second-order valence-corrected chi connectivity index (χ2v) is 10.9. The van der Waals surface area contributed by atoms with Crippen LogP contribution in [0.5, 0.6) is 0 Å². The summed E-state index contributed by atoms with van der Waals surface area (Å²) in [6, 6.07) is 20.4. The molecule has 6 atom stereocenters. The number of nitrogens with one attached hydrogen (secondary N) is 1. The Bertz CT molecular complexity index is 1340. The van der Waals surface area contributed by atoms with Crippen molar-refractivity contribution in [1.29, 1.82) is 0 Å². The van der Waals surface area contributed by atoms with Crippen LogP contribution in [-0.4, -0.2) is 27.8 Å². The Morgan fingerprint density at radius 1 is 0.974 bits per heavy atom. The number of aliphatic hydroxyl groups excluding tert-OH is 1. The Kier molecular flexibility index (Phi) is 6.13. The molecule has 0 unspecified atom stereocenters. The number of para-hydroxylation sites is 1. The van der Waals surface area contributed by atoms with Crippen LogP contribution < -0.4 is 10.2 Å². The Hall–Kier alpha value is -3.46. The third kappa shape index (κ3) is 3.95. The SMILES string of the molecule is CC(C)[C@H]1C[C@@H]2C(=O)N(c3ccc(Nc4ccccc4)cc3)C(=O)[C@@H]2[C@@H]2C[C@@H](c3ccc(CO)o3)O[C@]12O. The minimum Gasteiger partial charge on any atom is -0.461 e. The normalized spacial score (nSPS) is 30.6. The summed E-state index contributed by atoms with van der Waals surface area (Å²) in [6.07, 6.45) is 0.161. The molecule has 2 saturated heterocycles. The predicted molar refractivity (Wildman–Crippen MR) is 140 cm³/mol. The quantitative estimate of drug-likeness (QED) is 0.405. The topological polar surface area (TPSA) is 112 Å². The van der Waals surface area contributed by atoms with Crippen LogP contribution in [0.25, 0.3) is 0 Å². The van der Waals surface area contributed by atoms with Gasteiger partial charge < -0.3 is 24.7 Å². The van der Waals surface area contributed by atoms with Gasteiger partial charge in [-0.25, -0.2) is 0 Å². The lowest BCUT2D eigenvalue weighted by Crippen LogP contribution is -2.55. The lowest BCUT2D eigenvalue weighted by atomic mass is 9.62. The summed E-state index contributed by atoms with van der Waals surface area (Å²) in [4.78, 5) is 28.8. The van der Waals surface area contributed by atoms with Gasteiger partial charge >= 0.3 is 0 Å². The number of carbonyl (C=O) groups excluding carboxylic acids is 2. The maximum atomic E-state index is 13.8. The van der Waals surface area contributed by atoms with Crippen LogP contribution >= 0.6 is 0 Å². The van der Waals surface area contributed by atoms with Crippen molar-refractivity contribution in [3.63, 3.8) is 0 Å². The number of benzene rings is 2. The minimum absolute atomic E-state index is 0.0344. The van der Waals surface area contributed by atoms with E-state index in [-0.39, 0.29) is 30.3 Å². The number of hydrogen-bond acceptors (Lipinski definition) is 7. The fourth-order valence-corrected chi connectivity index (χ4v) is 6.63. The molecule has 3 aliphatic rings. The molecule has 2 aliphatic heterocycles. The second-order valence-electron chi connectivity index (χ2n) is 10.9. The van der Waals surface area contributed by atoms with E-state index in [1.54, 1.807) is 24.3 Å². The zero-order valence-corrected chi connectivity index (χ0v) is 21.4. The monoisotopic (exact) mass is 516 g/mol. The summed E-state index contributed by atoms with van der Waals surface area (Å²) in [7, 11) is 0. The molecule has 1 saturated carbocycles. The smallest absolute Gasteiger partial charge is 0.238 e. The van der Waals surface area contributed by atoms with Crippen molar-refractivity contribution < 1.29 is 29.0 Å². The van der Waals surface area contributed by atoms with E-state index in [2.05, 4.69) is 5.32 Å². The first-order valence-corrected chi connectivity index (χ1v) is 13.2. The summed E-state index contributed by atoms with van der Waals surface area (Å²) in [5, 5.41) is 24.6. The lowest BCUT2D eigenvalue weighted by molar-refractivity contribution is -0.277. The van der Waals surface area contributed by atoms with Gasteiger partial charge in [0.05, 0.1) is 17.5 Å². The highest BCUT2D eigenvalue weighted by Crippen LogP contribution is 2.60. The summed E-state index contributed by atoms with van der Waals surface area (Å²) in [5.41, 5.74) is 2.31. The summed E-state index contributed by atoms with van der Waals surface area (Å²) in [5.74, 6) is -3.19. The molecule has 3 aromatic rings. The number of hydrogen-bond donors (Lipinski definition) is 3. The highest BCUT2D eigenvalue weighted by atomic mass is 16.6. The number of fused-ring (bicyclic) bond motifs is 3. The van der Waals surface area contributed by atoms with Crippen molar-refractivity contribution in [2.24, 2.45) is 29.6 Å². The van der Waals surface area contributed by atoms with Crippen molar-refractivity contribution in [3.05, 3.63) is 78.3 Å². The first kappa shape index (κ1) is 24.9. The lowest BCUT2D eigenvalue weighted by Gasteiger charge is -2.46. The van der Waals surface area contributed by atoms with Crippen LogP contribution in [0, 0.1) is 29.6 Å². The van der Waals surface area contributed by atoms with Gasteiger partial charge in [0.25, 0.3) is 0 Å². The van der Waals surface area contributed by atoms with Crippen molar-refractivity contribution in [2.45, 2.75) is 45.2 Å². The molecule has 2 amide bonds. The van der Waals surface area contributed by atoms with Gasteiger partial charge in [-0.1, -0.05) is 32.0 Å². The minimum atomic E-state index is -1.55. The highest BCUT2D eigenvalue weighted by molar-refractivity contribution is 6.22. The number of nitrogens with zero attached hydrogens (tertiary/aromatic N) is 1. The third-order valence-electron chi connectivity index (χ3n) is 8.43. The van der Waals surface area contributed by atoms with E-state index < -0.39 is 29.6 Å². The molecular weight excluding hydrogens is 484 g/mol. The van der Waals surface area contributed by atoms with Crippen LogP contribution in [-0.2, 0) is 20.9 Å². The van der Waals surface area contributed by atoms with Crippen LogP contribution in [0.15, 0.2) is 71.1 Å². The van der Waals surface area contributed by atoms with Gasteiger partial charge in [-0.15, -0.1) is 0 Å². The van der Waals surface area contributed by atoms with Gasteiger partial charge in [0.15, 0.2) is 5.79 Å². The molecule has 8 nitrogen and oxygen atoms in total. The number of aliphatic hydroxyl groups is 2. The molecule has 0 radical (unpaired) electrons. The highest BCUT2D eigenvalue weighted by Gasteiger charge is 2.67. The number of rotatable bonds is 6. The Labute approximate surface area is 221 Å². The molecule has 198 valence electrons. The summed E-state index contributed by atoms with van der Waals surface area (Å²) in [6.45, 7) is 3.78. The first-order chi connectivity index (χ1) is 18.3. The molecule has 38 heavy (non-hydrogen) atoms. The second kappa shape index (κ2) is 9.38.